The van der Waals surface area contributed by atoms with Gasteiger partial charge >= 0.3 is 0 Å². The second-order valence-corrected chi connectivity index (χ2v) is 6.54. The summed E-state index contributed by atoms with van der Waals surface area (Å²) in [7, 11) is 0. The van der Waals surface area contributed by atoms with E-state index in [0.717, 1.165) is 18.1 Å². The van der Waals surface area contributed by atoms with Gasteiger partial charge in [0.25, 0.3) is 0 Å². The van der Waals surface area contributed by atoms with E-state index in [-0.39, 0.29) is 18.4 Å². The molecule has 0 saturated carbocycles. The molecule has 1 atom stereocenters. The van der Waals surface area contributed by atoms with Gasteiger partial charge in [0, 0.05) is 19.2 Å². The third-order valence-electron chi connectivity index (χ3n) is 4.61. The van der Waals surface area contributed by atoms with Gasteiger partial charge in [-0.1, -0.05) is 37.3 Å². The molecule has 2 aromatic rings. The zero-order valence-corrected chi connectivity index (χ0v) is 14.3. The van der Waals surface area contributed by atoms with Crippen molar-refractivity contribution in [1.29, 1.82) is 0 Å². The van der Waals surface area contributed by atoms with Gasteiger partial charge in [-0.3, -0.25) is 4.79 Å². The number of anilines is 1. The Balaban J connectivity index is 1.61. The number of hydrogen-bond acceptors (Lipinski definition) is 2. The minimum absolute atomic E-state index is 0.0804. The van der Waals surface area contributed by atoms with Gasteiger partial charge in [-0.2, -0.15) is 0 Å². The van der Waals surface area contributed by atoms with Crippen LogP contribution in [0.5, 0.6) is 0 Å². The third kappa shape index (κ3) is 4.16. The first-order chi connectivity index (χ1) is 12.0. The molecule has 0 spiro atoms. The molecule has 0 radical (unpaired) electrons. The lowest BCUT2D eigenvalue weighted by atomic mass is 10.0. The molecule has 0 bridgehead atoms. The van der Waals surface area contributed by atoms with Crippen LogP contribution in [0.1, 0.15) is 30.4 Å². The van der Waals surface area contributed by atoms with E-state index >= 15 is 0 Å². The van der Waals surface area contributed by atoms with Crippen LogP contribution in [-0.2, 0) is 11.2 Å². The predicted molar refractivity (Wildman–Crippen MR) is 94.8 cm³/mol. The number of carbonyl (C=O) groups excluding carboxylic acids is 1. The number of amides is 1. The maximum absolute atomic E-state index is 14.2. The lowest BCUT2D eigenvalue weighted by molar-refractivity contribution is -0.119. The van der Waals surface area contributed by atoms with Crippen LogP contribution in [0.25, 0.3) is 0 Å². The Hall–Kier alpha value is -2.43. The molecule has 0 aromatic heterocycles. The van der Waals surface area contributed by atoms with Crippen LogP contribution in [0.2, 0.25) is 0 Å². The second kappa shape index (κ2) is 7.64. The fourth-order valence-corrected chi connectivity index (χ4v) is 3.29. The highest BCUT2D eigenvalue weighted by Gasteiger charge is 2.23. The highest BCUT2D eigenvalue weighted by Crippen LogP contribution is 2.30. The molecule has 0 unspecified atom stereocenters. The predicted octanol–water partition coefficient (Wildman–Crippen LogP) is 3.64. The maximum Gasteiger partial charge on any atom is 0.239 e. The number of benzene rings is 2. The van der Waals surface area contributed by atoms with Crippen LogP contribution in [0.3, 0.4) is 0 Å². The number of hydrogen-bond donors (Lipinski definition) is 1. The molecule has 2 aromatic carbocycles. The lowest BCUT2D eigenvalue weighted by Crippen LogP contribution is -2.41. The van der Waals surface area contributed by atoms with E-state index in [0.29, 0.717) is 30.8 Å². The Morgan fingerprint density at radius 3 is 2.76 bits per heavy atom. The van der Waals surface area contributed by atoms with Crippen molar-refractivity contribution in [2.75, 3.05) is 24.5 Å². The van der Waals surface area contributed by atoms with Crippen molar-refractivity contribution in [3.8, 4) is 0 Å². The van der Waals surface area contributed by atoms with Crippen molar-refractivity contribution < 1.29 is 13.6 Å². The number of aryl methyl sites for hydroxylation is 1. The van der Waals surface area contributed by atoms with Crippen molar-refractivity contribution in [3.63, 3.8) is 0 Å². The molecule has 132 valence electrons. The lowest BCUT2D eigenvalue weighted by Gasteiger charge is -2.31. The van der Waals surface area contributed by atoms with Gasteiger partial charge in [0.1, 0.15) is 11.6 Å². The quantitative estimate of drug-likeness (QED) is 0.898. The van der Waals surface area contributed by atoms with Crippen molar-refractivity contribution >= 4 is 11.6 Å². The molecule has 0 saturated heterocycles. The zero-order chi connectivity index (χ0) is 17.8. The Kier molecular flexibility index (Phi) is 5.31. The Morgan fingerprint density at radius 2 is 2.00 bits per heavy atom. The Labute approximate surface area is 146 Å². The molecular formula is C20H22F2N2O. The zero-order valence-electron chi connectivity index (χ0n) is 14.3. The minimum Gasteiger partial charge on any atom is -0.360 e. The van der Waals surface area contributed by atoms with Crippen LogP contribution in [0.4, 0.5) is 14.5 Å². The fourth-order valence-electron chi connectivity index (χ4n) is 3.29. The summed E-state index contributed by atoms with van der Waals surface area (Å²) in [5, 5.41) is 2.91. The van der Waals surface area contributed by atoms with Gasteiger partial charge in [-0.15, -0.1) is 0 Å². The summed E-state index contributed by atoms with van der Waals surface area (Å²) in [6, 6.07) is 12.2. The van der Waals surface area contributed by atoms with Gasteiger partial charge in [0.15, 0.2) is 0 Å². The molecule has 0 aliphatic carbocycles. The molecule has 1 aliphatic rings. The largest absolute Gasteiger partial charge is 0.360 e. The minimum atomic E-state index is -0.597. The molecule has 0 fully saturated rings. The molecule has 1 N–H and O–H groups in total. The van der Waals surface area contributed by atoms with E-state index in [2.05, 4.69) is 5.32 Å². The first kappa shape index (κ1) is 17.4. The first-order valence-electron chi connectivity index (χ1n) is 8.59. The van der Waals surface area contributed by atoms with E-state index in [9.17, 15) is 13.6 Å². The number of nitrogens with one attached hydrogen (secondary N) is 1. The summed E-state index contributed by atoms with van der Waals surface area (Å²) in [5.74, 6) is -1.12. The van der Waals surface area contributed by atoms with Crippen molar-refractivity contribution in [2.45, 2.75) is 25.7 Å². The molecule has 1 aliphatic heterocycles. The molecule has 1 heterocycles. The fraction of sp³-hybridized carbons (Fsp3) is 0.350. The molecule has 5 heteroatoms. The van der Waals surface area contributed by atoms with Crippen molar-refractivity contribution in [3.05, 3.63) is 65.2 Å². The molecule has 1 amide bonds. The summed E-state index contributed by atoms with van der Waals surface area (Å²) in [5.41, 5.74) is 2.15. The molecule has 25 heavy (non-hydrogen) atoms. The van der Waals surface area contributed by atoms with E-state index in [4.69, 9.17) is 0 Å². The van der Waals surface area contributed by atoms with Gasteiger partial charge < -0.3 is 10.2 Å². The van der Waals surface area contributed by atoms with Crippen molar-refractivity contribution in [2.24, 2.45) is 0 Å². The topological polar surface area (TPSA) is 32.3 Å². The Bertz CT molecular complexity index is 749. The summed E-state index contributed by atoms with van der Waals surface area (Å²) < 4.78 is 27.5. The SMILES string of the molecule is C[C@H](CNC(=O)CN1CCCc2cc(F)cc(F)c21)c1ccccc1. The summed E-state index contributed by atoms with van der Waals surface area (Å²) >= 11 is 0. The van der Waals surface area contributed by atoms with Gasteiger partial charge in [0.05, 0.1) is 12.2 Å². The summed E-state index contributed by atoms with van der Waals surface area (Å²) in [6.45, 7) is 3.25. The number of rotatable bonds is 5. The van der Waals surface area contributed by atoms with Crippen LogP contribution in [-0.4, -0.2) is 25.5 Å². The van der Waals surface area contributed by atoms with Crippen LogP contribution < -0.4 is 10.2 Å². The van der Waals surface area contributed by atoms with E-state index in [1.165, 1.54) is 6.07 Å². The van der Waals surface area contributed by atoms with E-state index in [1.54, 1.807) is 4.90 Å². The van der Waals surface area contributed by atoms with E-state index in [1.807, 2.05) is 37.3 Å². The summed E-state index contributed by atoms with van der Waals surface area (Å²) in [4.78, 5) is 14.0. The van der Waals surface area contributed by atoms with Crippen LogP contribution in [0.15, 0.2) is 42.5 Å². The van der Waals surface area contributed by atoms with Gasteiger partial charge in [0.2, 0.25) is 5.91 Å². The average Bonchev–Trinajstić information content (AvgIpc) is 2.60. The average molecular weight is 344 g/mol. The number of fused-ring (bicyclic) bond motifs is 1. The molecule has 3 nitrogen and oxygen atoms in total. The number of carbonyl (C=O) groups is 1. The highest BCUT2D eigenvalue weighted by atomic mass is 19.1. The summed E-state index contributed by atoms with van der Waals surface area (Å²) in [6.07, 6.45) is 1.41. The standard InChI is InChI=1S/C20H22F2N2O/c1-14(15-6-3-2-4-7-15)12-23-19(25)13-24-9-5-8-16-10-17(21)11-18(22)20(16)24/h2-4,6-7,10-11,14H,5,8-9,12-13H2,1H3,(H,23,25)/t14-/m1/s1. The first-order valence-corrected chi connectivity index (χ1v) is 8.59. The van der Waals surface area contributed by atoms with Crippen molar-refractivity contribution in [1.82, 2.24) is 5.32 Å². The number of halogens is 2. The monoisotopic (exact) mass is 344 g/mol. The molecule has 3 rings (SSSR count). The highest BCUT2D eigenvalue weighted by molar-refractivity contribution is 5.82. The van der Waals surface area contributed by atoms with Crippen LogP contribution in [0, 0.1) is 11.6 Å². The number of nitrogens with zero attached hydrogens (tertiary/aromatic N) is 1. The second-order valence-electron chi connectivity index (χ2n) is 6.54. The van der Waals surface area contributed by atoms with E-state index < -0.39 is 11.6 Å². The molecular weight excluding hydrogens is 322 g/mol. The Morgan fingerprint density at radius 1 is 1.24 bits per heavy atom. The smallest absolute Gasteiger partial charge is 0.239 e. The normalized spacial score (nSPS) is 14.8. The third-order valence-corrected chi connectivity index (χ3v) is 4.61. The maximum atomic E-state index is 14.2. The van der Waals surface area contributed by atoms with Gasteiger partial charge in [-0.25, -0.2) is 8.78 Å². The van der Waals surface area contributed by atoms with Gasteiger partial charge in [-0.05, 0) is 36.0 Å². The van der Waals surface area contributed by atoms with Crippen LogP contribution >= 0.6 is 0 Å².